The highest BCUT2D eigenvalue weighted by Crippen LogP contribution is 2.15. The molecule has 0 radical (unpaired) electrons. The number of aldehydes is 1. The highest BCUT2D eigenvalue weighted by atomic mass is 16.1. The van der Waals surface area contributed by atoms with Crippen molar-refractivity contribution in [1.82, 2.24) is 4.90 Å². The number of carbonyl (C=O) groups is 1. The summed E-state index contributed by atoms with van der Waals surface area (Å²) < 4.78 is 0. The molecule has 0 aromatic carbocycles. The Labute approximate surface area is 68.6 Å². The molecule has 1 atom stereocenters. The van der Waals surface area contributed by atoms with E-state index >= 15 is 0 Å². The van der Waals surface area contributed by atoms with Gasteiger partial charge in [0.25, 0.3) is 0 Å². The molecule has 0 N–H and O–H groups in total. The fraction of sp³-hybridized carbons (Fsp3) is 0.889. The molecule has 1 saturated heterocycles. The average molecular weight is 155 g/mol. The third kappa shape index (κ3) is 2.29. The van der Waals surface area contributed by atoms with E-state index in [2.05, 4.69) is 18.7 Å². The van der Waals surface area contributed by atoms with Gasteiger partial charge in [0, 0.05) is 18.5 Å². The first-order valence-electron chi connectivity index (χ1n) is 4.43. The molecule has 0 bridgehead atoms. The topological polar surface area (TPSA) is 20.3 Å². The highest BCUT2D eigenvalue weighted by Gasteiger charge is 2.20. The Morgan fingerprint density at radius 3 is 2.82 bits per heavy atom. The predicted octanol–water partition coefficient (Wildman–Crippen LogP) is 1.31. The molecule has 0 amide bonds. The standard InChI is InChI=1S/C9H17NO/c1-8(2)10-5-3-4-9(6-10)7-11/h7-9H,3-6H2,1-2H3/t9-/m1/s1. The van der Waals surface area contributed by atoms with Crippen molar-refractivity contribution < 1.29 is 4.79 Å². The van der Waals surface area contributed by atoms with Crippen molar-refractivity contribution in [3.63, 3.8) is 0 Å². The molecule has 0 unspecified atom stereocenters. The minimum absolute atomic E-state index is 0.297. The summed E-state index contributed by atoms with van der Waals surface area (Å²) in [6.07, 6.45) is 3.38. The Balaban J connectivity index is 2.39. The van der Waals surface area contributed by atoms with Crippen LogP contribution in [0.2, 0.25) is 0 Å². The summed E-state index contributed by atoms with van der Waals surface area (Å²) in [5.41, 5.74) is 0. The molecule has 1 aliphatic rings. The monoisotopic (exact) mass is 155 g/mol. The Morgan fingerprint density at radius 2 is 2.27 bits per heavy atom. The van der Waals surface area contributed by atoms with Gasteiger partial charge in [-0.3, -0.25) is 0 Å². The minimum atomic E-state index is 0.297. The van der Waals surface area contributed by atoms with E-state index in [4.69, 9.17) is 0 Å². The second kappa shape index (κ2) is 3.86. The Bertz CT molecular complexity index is 134. The normalized spacial score (nSPS) is 27.4. The van der Waals surface area contributed by atoms with Gasteiger partial charge in [0.05, 0.1) is 0 Å². The van der Waals surface area contributed by atoms with Crippen molar-refractivity contribution in [2.24, 2.45) is 5.92 Å². The molecule has 2 nitrogen and oxygen atoms in total. The van der Waals surface area contributed by atoms with Crippen LogP contribution in [0, 0.1) is 5.92 Å². The van der Waals surface area contributed by atoms with Crippen LogP contribution in [0.3, 0.4) is 0 Å². The number of piperidine rings is 1. The number of rotatable bonds is 2. The van der Waals surface area contributed by atoms with Gasteiger partial charge in [0.2, 0.25) is 0 Å². The SMILES string of the molecule is CC(C)N1CCC[C@@H](C=O)C1. The lowest BCUT2D eigenvalue weighted by molar-refractivity contribution is -0.112. The summed E-state index contributed by atoms with van der Waals surface area (Å²) in [6, 6.07) is 0.595. The molecule has 11 heavy (non-hydrogen) atoms. The maximum Gasteiger partial charge on any atom is 0.124 e. The number of likely N-dealkylation sites (tertiary alicyclic amines) is 1. The zero-order chi connectivity index (χ0) is 8.27. The van der Waals surface area contributed by atoms with Crippen LogP contribution in [0.5, 0.6) is 0 Å². The second-order valence-corrected chi connectivity index (χ2v) is 3.63. The van der Waals surface area contributed by atoms with Crippen LogP contribution in [0.4, 0.5) is 0 Å². The molecular weight excluding hydrogens is 138 g/mol. The van der Waals surface area contributed by atoms with Crippen molar-refractivity contribution in [2.45, 2.75) is 32.7 Å². The van der Waals surface area contributed by atoms with Crippen molar-refractivity contribution in [2.75, 3.05) is 13.1 Å². The van der Waals surface area contributed by atoms with E-state index in [0.29, 0.717) is 12.0 Å². The van der Waals surface area contributed by atoms with Gasteiger partial charge >= 0.3 is 0 Å². The Morgan fingerprint density at radius 1 is 1.55 bits per heavy atom. The van der Waals surface area contributed by atoms with Gasteiger partial charge in [-0.15, -0.1) is 0 Å². The van der Waals surface area contributed by atoms with Crippen LogP contribution in [0.15, 0.2) is 0 Å². The quantitative estimate of drug-likeness (QED) is 0.560. The summed E-state index contributed by atoms with van der Waals surface area (Å²) in [6.45, 7) is 6.52. The smallest absolute Gasteiger partial charge is 0.124 e. The first kappa shape index (κ1) is 8.72. The molecule has 1 fully saturated rings. The summed E-state index contributed by atoms with van der Waals surface area (Å²) in [5.74, 6) is 0.297. The van der Waals surface area contributed by atoms with E-state index in [1.807, 2.05) is 0 Å². The molecule has 0 aliphatic carbocycles. The van der Waals surface area contributed by atoms with Crippen LogP contribution >= 0.6 is 0 Å². The molecule has 1 rings (SSSR count). The van der Waals surface area contributed by atoms with Crippen molar-refractivity contribution in [3.05, 3.63) is 0 Å². The summed E-state index contributed by atoms with van der Waals surface area (Å²) in [4.78, 5) is 12.9. The minimum Gasteiger partial charge on any atom is -0.303 e. The van der Waals surface area contributed by atoms with E-state index < -0.39 is 0 Å². The lowest BCUT2D eigenvalue weighted by Gasteiger charge is -2.33. The van der Waals surface area contributed by atoms with Gasteiger partial charge in [0.1, 0.15) is 6.29 Å². The molecular formula is C9H17NO. The van der Waals surface area contributed by atoms with Crippen LogP contribution in [0.25, 0.3) is 0 Å². The van der Waals surface area contributed by atoms with Crippen LogP contribution < -0.4 is 0 Å². The molecule has 1 aliphatic heterocycles. The van der Waals surface area contributed by atoms with Crippen molar-refractivity contribution >= 4 is 6.29 Å². The number of nitrogens with zero attached hydrogens (tertiary/aromatic N) is 1. The third-order valence-corrected chi connectivity index (χ3v) is 2.41. The average Bonchev–Trinajstić information content (AvgIpc) is 2.05. The molecule has 0 spiro atoms. The summed E-state index contributed by atoms with van der Waals surface area (Å²) in [5, 5.41) is 0. The van der Waals surface area contributed by atoms with Crippen LogP contribution in [-0.2, 0) is 4.79 Å². The lowest BCUT2D eigenvalue weighted by Crippen LogP contribution is -2.40. The Hall–Kier alpha value is -0.370. The lowest BCUT2D eigenvalue weighted by atomic mass is 9.99. The largest absolute Gasteiger partial charge is 0.303 e. The summed E-state index contributed by atoms with van der Waals surface area (Å²) >= 11 is 0. The third-order valence-electron chi connectivity index (χ3n) is 2.41. The molecule has 2 heteroatoms. The zero-order valence-corrected chi connectivity index (χ0v) is 7.42. The second-order valence-electron chi connectivity index (χ2n) is 3.63. The van der Waals surface area contributed by atoms with E-state index in [-0.39, 0.29) is 0 Å². The maximum absolute atomic E-state index is 10.5. The zero-order valence-electron chi connectivity index (χ0n) is 7.42. The van der Waals surface area contributed by atoms with E-state index in [1.54, 1.807) is 0 Å². The molecule has 1 heterocycles. The van der Waals surface area contributed by atoms with Gasteiger partial charge in [-0.1, -0.05) is 0 Å². The molecule has 0 saturated carbocycles. The Kier molecular flexibility index (Phi) is 3.06. The first-order valence-corrected chi connectivity index (χ1v) is 4.43. The van der Waals surface area contributed by atoms with Gasteiger partial charge in [-0.05, 0) is 33.2 Å². The maximum atomic E-state index is 10.5. The first-order chi connectivity index (χ1) is 5.24. The van der Waals surface area contributed by atoms with Gasteiger partial charge in [-0.2, -0.15) is 0 Å². The van der Waals surface area contributed by atoms with Crippen LogP contribution in [0.1, 0.15) is 26.7 Å². The van der Waals surface area contributed by atoms with Crippen molar-refractivity contribution in [1.29, 1.82) is 0 Å². The predicted molar refractivity (Wildman–Crippen MR) is 45.5 cm³/mol. The number of carbonyl (C=O) groups excluding carboxylic acids is 1. The summed E-state index contributed by atoms with van der Waals surface area (Å²) in [7, 11) is 0. The van der Waals surface area contributed by atoms with E-state index in [1.165, 1.54) is 13.0 Å². The van der Waals surface area contributed by atoms with Gasteiger partial charge < -0.3 is 9.69 Å². The number of hydrogen-bond acceptors (Lipinski definition) is 2. The number of hydrogen-bond donors (Lipinski definition) is 0. The highest BCUT2D eigenvalue weighted by molar-refractivity contribution is 5.53. The molecule has 0 aromatic rings. The van der Waals surface area contributed by atoms with Gasteiger partial charge in [-0.25, -0.2) is 0 Å². The van der Waals surface area contributed by atoms with Crippen molar-refractivity contribution in [3.8, 4) is 0 Å². The fourth-order valence-electron chi connectivity index (χ4n) is 1.62. The van der Waals surface area contributed by atoms with Gasteiger partial charge in [0.15, 0.2) is 0 Å². The fourth-order valence-corrected chi connectivity index (χ4v) is 1.62. The van der Waals surface area contributed by atoms with E-state index in [9.17, 15) is 4.79 Å². The molecule has 64 valence electrons. The van der Waals surface area contributed by atoms with Crippen LogP contribution in [-0.4, -0.2) is 30.3 Å². The molecule has 0 aromatic heterocycles. The van der Waals surface area contributed by atoms with E-state index in [0.717, 1.165) is 19.3 Å².